The molecule has 4 aliphatic rings. The molecule has 0 spiro atoms. The Hall–Kier alpha value is -1.51. The molecule has 0 aliphatic heterocycles. The van der Waals surface area contributed by atoms with Crippen molar-refractivity contribution in [2.75, 3.05) is 6.54 Å². The number of rotatable bonds is 4. The summed E-state index contributed by atoms with van der Waals surface area (Å²) >= 11 is 0. The Balaban J connectivity index is 1.60. The van der Waals surface area contributed by atoms with Crippen LogP contribution in [-0.4, -0.2) is 18.1 Å². The van der Waals surface area contributed by atoms with Crippen LogP contribution in [0.25, 0.3) is 0 Å². The van der Waals surface area contributed by atoms with Crippen LogP contribution in [0.15, 0.2) is 24.3 Å². The van der Waals surface area contributed by atoms with Gasteiger partial charge in [-0.25, -0.2) is 4.79 Å². The average molecular weight is 326 g/mol. The lowest BCUT2D eigenvalue weighted by atomic mass is 9.45. The number of urea groups is 1. The van der Waals surface area contributed by atoms with E-state index in [1.54, 1.807) is 0 Å². The molecule has 0 heterocycles. The molecule has 1 aromatic rings. The first-order valence-corrected chi connectivity index (χ1v) is 9.66. The smallest absolute Gasteiger partial charge is 0.315 e. The molecule has 0 aromatic heterocycles. The van der Waals surface area contributed by atoms with Crippen molar-refractivity contribution in [1.29, 1.82) is 0 Å². The number of hydrogen-bond acceptors (Lipinski definition) is 1. The Morgan fingerprint density at radius 3 is 2.42 bits per heavy atom. The second-order valence-corrected chi connectivity index (χ2v) is 8.77. The number of amides is 2. The Morgan fingerprint density at radius 1 is 1.12 bits per heavy atom. The SMILES string of the molecule is CCCNC(=O)NC12CC3CC(C1)CC(c1ccc(C)cc1)(C3)C2. The Kier molecular flexibility index (Phi) is 3.85. The number of nitrogens with one attached hydrogen (secondary N) is 2. The van der Waals surface area contributed by atoms with Gasteiger partial charge in [-0.15, -0.1) is 0 Å². The van der Waals surface area contributed by atoms with Gasteiger partial charge in [0.05, 0.1) is 0 Å². The molecule has 3 nitrogen and oxygen atoms in total. The van der Waals surface area contributed by atoms with Gasteiger partial charge in [0.2, 0.25) is 0 Å². The van der Waals surface area contributed by atoms with Crippen LogP contribution in [0.5, 0.6) is 0 Å². The molecular weight excluding hydrogens is 296 g/mol. The van der Waals surface area contributed by atoms with Gasteiger partial charge >= 0.3 is 6.03 Å². The van der Waals surface area contributed by atoms with Crippen molar-refractivity contribution in [3.8, 4) is 0 Å². The van der Waals surface area contributed by atoms with Crippen molar-refractivity contribution in [2.45, 2.75) is 69.7 Å². The number of benzene rings is 1. The van der Waals surface area contributed by atoms with Gasteiger partial charge in [-0.3, -0.25) is 0 Å². The van der Waals surface area contributed by atoms with Gasteiger partial charge in [0.15, 0.2) is 0 Å². The minimum absolute atomic E-state index is 0.0206. The van der Waals surface area contributed by atoms with Gasteiger partial charge < -0.3 is 10.6 Å². The first-order valence-electron chi connectivity index (χ1n) is 9.66. The summed E-state index contributed by atoms with van der Waals surface area (Å²) in [6, 6.07) is 9.22. The quantitative estimate of drug-likeness (QED) is 0.851. The second-order valence-electron chi connectivity index (χ2n) is 8.77. The van der Waals surface area contributed by atoms with Crippen LogP contribution in [0.3, 0.4) is 0 Å². The molecule has 2 atom stereocenters. The van der Waals surface area contributed by atoms with E-state index in [9.17, 15) is 4.79 Å². The molecule has 4 saturated carbocycles. The molecular formula is C21H30N2O. The molecule has 0 saturated heterocycles. The third-order valence-electron chi connectivity index (χ3n) is 6.64. The topological polar surface area (TPSA) is 41.1 Å². The Labute approximate surface area is 145 Å². The third kappa shape index (κ3) is 2.72. The largest absolute Gasteiger partial charge is 0.338 e. The normalized spacial score (nSPS) is 36.6. The summed E-state index contributed by atoms with van der Waals surface area (Å²) in [5.74, 6) is 1.55. The number of aryl methyl sites for hydroxylation is 1. The van der Waals surface area contributed by atoms with Crippen molar-refractivity contribution in [3.63, 3.8) is 0 Å². The highest BCUT2D eigenvalue weighted by molar-refractivity contribution is 5.75. The maximum atomic E-state index is 12.3. The van der Waals surface area contributed by atoms with E-state index in [2.05, 4.69) is 48.7 Å². The van der Waals surface area contributed by atoms with Crippen LogP contribution in [0.4, 0.5) is 4.79 Å². The maximum Gasteiger partial charge on any atom is 0.315 e. The van der Waals surface area contributed by atoms with Gasteiger partial charge in [-0.2, -0.15) is 0 Å². The maximum absolute atomic E-state index is 12.3. The molecule has 3 heteroatoms. The summed E-state index contributed by atoms with van der Waals surface area (Å²) in [7, 11) is 0. The highest BCUT2D eigenvalue weighted by Crippen LogP contribution is 2.62. The van der Waals surface area contributed by atoms with Crippen LogP contribution in [0.2, 0.25) is 0 Å². The molecule has 4 bridgehead atoms. The zero-order chi connectivity index (χ0) is 16.8. The van der Waals surface area contributed by atoms with E-state index in [1.165, 1.54) is 43.2 Å². The van der Waals surface area contributed by atoms with E-state index in [0.29, 0.717) is 0 Å². The Bertz CT molecular complexity index is 607. The number of hydrogen-bond donors (Lipinski definition) is 2. The molecule has 5 rings (SSSR count). The highest BCUT2D eigenvalue weighted by atomic mass is 16.2. The van der Waals surface area contributed by atoms with E-state index in [4.69, 9.17) is 0 Å². The predicted octanol–water partition coefficient (Wildman–Crippen LogP) is 4.29. The second kappa shape index (κ2) is 5.79. The van der Waals surface area contributed by atoms with Crippen molar-refractivity contribution >= 4 is 6.03 Å². The van der Waals surface area contributed by atoms with Gasteiger partial charge in [-0.05, 0) is 74.7 Å². The van der Waals surface area contributed by atoms with E-state index in [-0.39, 0.29) is 17.0 Å². The van der Waals surface area contributed by atoms with Crippen molar-refractivity contribution < 1.29 is 4.79 Å². The number of carbonyl (C=O) groups is 1. The van der Waals surface area contributed by atoms with Gasteiger partial charge in [0.25, 0.3) is 0 Å². The minimum atomic E-state index is 0.0206. The highest BCUT2D eigenvalue weighted by Gasteiger charge is 2.58. The molecule has 130 valence electrons. The van der Waals surface area contributed by atoms with Crippen LogP contribution in [0, 0.1) is 18.8 Å². The summed E-state index contributed by atoms with van der Waals surface area (Å²) in [5.41, 5.74) is 3.14. The molecule has 24 heavy (non-hydrogen) atoms. The molecule has 2 N–H and O–H groups in total. The molecule has 2 amide bonds. The average Bonchev–Trinajstić information content (AvgIpc) is 2.51. The standard InChI is InChI=1S/C21H30N2O/c1-3-8-22-19(24)23-21-12-16-9-17(13-21)11-20(10-16,14-21)18-6-4-15(2)5-7-18/h4-7,16-17H,3,8-14H2,1-2H3,(H2,22,23,24). The molecule has 1 aromatic carbocycles. The molecule has 0 radical (unpaired) electrons. The third-order valence-corrected chi connectivity index (χ3v) is 6.64. The zero-order valence-electron chi connectivity index (χ0n) is 15.0. The minimum Gasteiger partial charge on any atom is -0.338 e. The summed E-state index contributed by atoms with van der Waals surface area (Å²) < 4.78 is 0. The lowest BCUT2D eigenvalue weighted by Crippen LogP contribution is -2.65. The first-order chi connectivity index (χ1) is 11.5. The lowest BCUT2D eigenvalue weighted by molar-refractivity contribution is -0.0349. The Morgan fingerprint density at radius 2 is 1.79 bits per heavy atom. The number of carbonyl (C=O) groups excluding carboxylic acids is 1. The van der Waals surface area contributed by atoms with Gasteiger partial charge in [0.1, 0.15) is 0 Å². The lowest BCUT2D eigenvalue weighted by Gasteiger charge is -2.62. The molecule has 4 aliphatic carbocycles. The fourth-order valence-corrected chi connectivity index (χ4v) is 6.18. The van der Waals surface area contributed by atoms with Gasteiger partial charge in [0, 0.05) is 12.1 Å². The summed E-state index contributed by atoms with van der Waals surface area (Å²) in [5, 5.41) is 6.43. The molecule has 4 fully saturated rings. The van der Waals surface area contributed by atoms with E-state index in [0.717, 1.165) is 31.2 Å². The van der Waals surface area contributed by atoms with Crippen molar-refractivity contribution in [2.24, 2.45) is 11.8 Å². The monoisotopic (exact) mass is 326 g/mol. The van der Waals surface area contributed by atoms with E-state index < -0.39 is 0 Å². The fraction of sp³-hybridized carbons (Fsp3) is 0.667. The van der Waals surface area contributed by atoms with E-state index >= 15 is 0 Å². The summed E-state index contributed by atoms with van der Waals surface area (Å²) in [4.78, 5) is 12.3. The fourth-order valence-electron chi connectivity index (χ4n) is 6.18. The first kappa shape index (κ1) is 16.0. The van der Waals surface area contributed by atoms with Crippen LogP contribution in [0.1, 0.15) is 63.0 Å². The van der Waals surface area contributed by atoms with Gasteiger partial charge in [-0.1, -0.05) is 36.8 Å². The van der Waals surface area contributed by atoms with Crippen molar-refractivity contribution in [3.05, 3.63) is 35.4 Å². The summed E-state index contributed by atoms with van der Waals surface area (Å²) in [6.07, 6.45) is 8.45. The van der Waals surface area contributed by atoms with Crippen LogP contribution < -0.4 is 10.6 Å². The molecule has 2 unspecified atom stereocenters. The van der Waals surface area contributed by atoms with Crippen LogP contribution in [-0.2, 0) is 5.41 Å². The van der Waals surface area contributed by atoms with Crippen LogP contribution >= 0.6 is 0 Å². The van der Waals surface area contributed by atoms with Crippen molar-refractivity contribution in [1.82, 2.24) is 10.6 Å². The zero-order valence-corrected chi connectivity index (χ0v) is 15.0. The van der Waals surface area contributed by atoms with E-state index in [1.807, 2.05) is 0 Å². The predicted molar refractivity (Wildman–Crippen MR) is 97.1 cm³/mol. The summed E-state index contributed by atoms with van der Waals surface area (Å²) in [6.45, 7) is 5.01.